The van der Waals surface area contributed by atoms with Gasteiger partial charge >= 0.3 is 0 Å². The Labute approximate surface area is 89.3 Å². The van der Waals surface area contributed by atoms with Gasteiger partial charge in [-0.3, -0.25) is 0 Å². The Hall–Kier alpha value is -1.29. The van der Waals surface area contributed by atoms with E-state index in [2.05, 4.69) is 0 Å². The molecule has 0 aliphatic heterocycles. The van der Waals surface area contributed by atoms with Crippen LogP contribution in [-0.4, -0.2) is 24.8 Å². The van der Waals surface area contributed by atoms with Gasteiger partial charge in [-0.15, -0.1) is 0 Å². The van der Waals surface area contributed by atoms with Crippen LogP contribution in [0, 0.1) is 5.82 Å². The van der Waals surface area contributed by atoms with Crippen molar-refractivity contribution in [3.8, 4) is 0 Å². The van der Waals surface area contributed by atoms with Crippen molar-refractivity contribution in [1.29, 1.82) is 0 Å². The summed E-state index contributed by atoms with van der Waals surface area (Å²) < 4.78 is 13.0. The lowest BCUT2D eigenvalue weighted by Crippen LogP contribution is -2.28. The quantitative estimate of drug-likeness (QED) is 0.729. The summed E-state index contributed by atoms with van der Waals surface area (Å²) in [7, 11) is 0. The van der Waals surface area contributed by atoms with E-state index in [-0.39, 0.29) is 12.4 Å². The molecular weight excluding hydrogens is 195 g/mol. The lowest BCUT2D eigenvalue weighted by Gasteiger charge is -2.24. The van der Waals surface area contributed by atoms with Crippen molar-refractivity contribution < 1.29 is 9.50 Å². The molecule has 0 fully saturated rings. The molecule has 0 aliphatic carbocycles. The fraction of sp³-hybridized carbons (Fsp3) is 0.455. The molecule has 0 amide bonds. The van der Waals surface area contributed by atoms with Gasteiger partial charge in [0.1, 0.15) is 5.82 Å². The number of hydrogen-bond acceptors (Lipinski definition) is 3. The van der Waals surface area contributed by atoms with Crippen LogP contribution >= 0.6 is 0 Å². The second-order valence-corrected chi connectivity index (χ2v) is 3.41. The van der Waals surface area contributed by atoms with E-state index in [9.17, 15) is 4.39 Å². The summed E-state index contributed by atoms with van der Waals surface area (Å²) in [5, 5.41) is 8.91. The first-order chi connectivity index (χ1) is 7.19. The van der Waals surface area contributed by atoms with Crippen molar-refractivity contribution >= 4 is 11.4 Å². The predicted octanol–water partition coefficient (Wildman–Crippen LogP) is 1.62. The third-order valence-corrected chi connectivity index (χ3v) is 2.20. The van der Waals surface area contributed by atoms with Gasteiger partial charge in [-0.2, -0.15) is 0 Å². The molecule has 3 N–H and O–H groups in total. The first kappa shape index (κ1) is 11.8. The minimum absolute atomic E-state index is 0.0377. The molecule has 1 rings (SSSR count). The van der Waals surface area contributed by atoms with Gasteiger partial charge in [0.05, 0.1) is 18.0 Å². The lowest BCUT2D eigenvalue weighted by atomic mass is 10.2. The van der Waals surface area contributed by atoms with Crippen LogP contribution in [0.5, 0.6) is 0 Å². The highest BCUT2D eigenvalue weighted by molar-refractivity contribution is 5.67. The van der Waals surface area contributed by atoms with Gasteiger partial charge in [-0.25, -0.2) is 4.39 Å². The second-order valence-electron chi connectivity index (χ2n) is 3.41. The topological polar surface area (TPSA) is 49.5 Å². The molecule has 0 aliphatic rings. The minimum atomic E-state index is -0.307. The number of aliphatic hydroxyl groups excluding tert-OH is 1. The molecule has 0 bridgehead atoms. The van der Waals surface area contributed by atoms with Crippen LogP contribution in [0.25, 0.3) is 0 Å². The number of benzene rings is 1. The van der Waals surface area contributed by atoms with Crippen LogP contribution in [0.3, 0.4) is 0 Å². The minimum Gasteiger partial charge on any atom is -0.397 e. The molecule has 1 aromatic carbocycles. The Bertz CT molecular complexity index is 311. The van der Waals surface area contributed by atoms with E-state index in [1.54, 1.807) is 6.07 Å². The standard InChI is InChI=1S/C11H17FN2O/c1-2-5-14(6-7-15)11-8-9(12)3-4-10(11)13/h3-4,8,15H,2,5-7,13H2,1H3. The monoisotopic (exact) mass is 212 g/mol. The van der Waals surface area contributed by atoms with Gasteiger partial charge in [0.2, 0.25) is 0 Å². The van der Waals surface area contributed by atoms with E-state index in [1.807, 2.05) is 11.8 Å². The Morgan fingerprint density at radius 1 is 1.40 bits per heavy atom. The zero-order valence-corrected chi connectivity index (χ0v) is 8.91. The maximum absolute atomic E-state index is 13.0. The van der Waals surface area contributed by atoms with Crippen molar-refractivity contribution in [2.75, 3.05) is 30.3 Å². The van der Waals surface area contributed by atoms with Crippen molar-refractivity contribution in [2.24, 2.45) is 0 Å². The summed E-state index contributed by atoms with van der Waals surface area (Å²) in [6, 6.07) is 4.28. The molecule has 1 aromatic rings. The Morgan fingerprint density at radius 3 is 2.73 bits per heavy atom. The number of anilines is 2. The van der Waals surface area contributed by atoms with E-state index >= 15 is 0 Å². The first-order valence-corrected chi connectivity index (χ1v) is 5.10. The highest BCUT2D eigenvalue weighted by Gasteiger charge is 2.09. The van der Waals surface area contributed by atoms with Crippen molar-refractivity contribution in [3.63, 3.8) is 0 Å². The fourth-order valence-corrected chi connectivity index (χ4v) is 1.53. The number of halogens is 1. The first-order valence-electron chi connectivity index (χ1n) is 5.10. The van der Waals surface area contributed by atoms with Crippen molar-refractivity contribution in [3.05, 3.63) is 24.0 Å². The SMILES string of the molecule is CCCN(CCO)c1cc(F)ccc1N. The Morgan fingerprint density at radius 2 is 2.13 bits per heavy atom. The molecule has 0 unspecified atom stereocenters. The third-order valence-electron chi connectivity index (χ3n) is 2.20. The van der Waals surface area contributed by atoms with Crippen LogP contribution in [0.2, 0.25) is 0 Å². The van der Waals surface area contributed by atoms with Gasteiger partial charge in [0.15, 0.2) is 0 Å². The summed E-state index contributed by atoms with van der Waals surface area (Å²) in [5.41, 5.74) is 6.96. The Kier molecular flexibility index (Phi) is 4.37. The van der Waals surface area contributed by atoms with E-state index < -0.39 is 0 Å². The zero-order valence-electron chi connectivity index (χ0n) is 8.91. The van der Waals surface area contributed by atoms with Crippen LogP contribution in [0.15, 0.2) is 18.2 Å². The average molecular weight is 212 g/mol. The molecule has 0 radical (unpaired) electrons. The summed E-state index contributed by atoms with van der Waals surface area (Å²) >= 11 is 0. The highest BCUT2D eigenvalue weighted by Crippen LogP contribution is 2.23. The van der Waals surface area contributed by atoms with Crippen LogP contribution < -0.4 is 10.6 Å². The molecule has 3 nitrogen and oxygen atoms in total. The smallest absolute Gasteiger partial charge is 0.125 e. The molecular formula is C11H17FN2O. The highest BCUT2D eigenvalue weighted by atomic mass is 19.1. The van der Waals surface area contributed by atoms with Gasteiger partial charge in [0, 0.05) is 13.1 Å². The molecule has 0 heterocycles. The van der Waals surface area contributed by atoms with E-state index in [0.717, 1.165) is 13.0 Å². The lowest BCUT2D eigenvalue weighted by molar-refractivity contribution is 0.302. The van der Waals surface area contributed by atoms with Gasteiger partial charge in [-0.05, 0) is 24.6 Å². The summed E-state index contributed by atoms with van der Waals surface area (Å²) in [6.07, 6.45) is 0.927. The summed E-state index contributed by atoms with van der Waals surface area (Å²) in [6.45, 7) is 3.30. The molecule has 84 valence electrons. The van der Waals surface area contributed by atoms with Gasteiger partial charge < -0.3 is 15.7 Å². The van der Waals surface area contributed by atoms with Gasteiger partial charge in [0.25, 0.3) is 0 Å². The molecule has 0 saturated carbocycles. The molecule has 0 aromatic heterocycles. The molecule has 0 spiro atoms. The number of nitrogens with zero attached hydrogens (tertiary/aromatic N) is 1. The van der Waals surface area contributed by atoms with Crippen molar-refractivity contribution in [2.45, 2.75) is 13.3 Å². The predicted molar refractivity (Wildman–Crippen MR) is 60.4 cm³/mol. The van der Waals surface area contributed by atoms with Crippen LogP contribution in [0.4, 0.5) is 15.8 Å². The zero-order chi connectivity index (χ0) is 11.3. The van der Waals surface area contributed by atoms with Crippen LogP contribution in [0.1, 0.15) is 13.3 Å². The molecule has 0 saturated heterocycles. The number of nitrogens with two attached hydrogens (primary N) is 1. The fourth-order valence-electron chi connectivity index (χ4n) is 1.53. The maximum atomic E-state index is 13.0. The summed E-state index contributed by atoms with van der Waals surface area (Å²) in [5.74, 6) is -0.307. The number of hydrogen-bond donors (Lipinski definition) is 2. The largest absolute Gasteiger partial charge is 0.397 e. The van der Waals surface area contributed by atoms with E-state index in [1.165, 1.54) is 12.1 Å². The van der Waals surface area contributed by atoms with Crippen LogP contribution in [-0.2, 0) is 0 Å². The molecule has 4 heteroatoms. The number of nitrogen functional groups attached to an aromatic ring is 1. The van der Waals surface area contributed by atoms with Gasteiger partial charge in [-0.1, -0.05) is 6.92 Å². The Balaban J connectivity index is 2.93. The average Bonchev–Trinajstić information content (AvgIpc) is 2.21. The van der Waals surface area contributed by atoms with Crippen molar-refractivity contribution in [1.82, 2.24) is 0 Å². The molecule has 15 heavy (non-hydrogen) atoms. The number of aliphatic hydroxyl groups is 1. The maximum Gasteiger partial charge on any atom is 0.125 e. The second kappa shape index (κ2) is 5.56. The number of rotatable bonds is 5. The van der Waals surface area contributed by atoms with E-state index in [0.29, 0.717) is 17.9 Å². The van der Waals surface area contributed by atoms with E-state index in [4.69, 9.17) is 10.8 Å². The normalized spacial score (nSPS) is 10.3. The summed E-state index contributed by atoms with van der Waals surface area (Å²) in [4.78, 5) is 1.89. The molecule has 0 atom stereocenters. The third kappa shape index (κ3) is 3.09.